The Labute approximate surface area is 221 Å². The molecule has 0 aliphatic rings. The van der Waals surface area contributed by atoms with Gasteiger partial charge in [-0.05, 0) is 48.7 Å². The molecule has 0 aliphatic carbocycles. The van der Waals surface area contributed by atoms with Crippen molar-refractivity contribution in [2.45, 2.75) is 73.6 Å². The highest BCUT2D eigenvalue weighted by atomic mass is 127. The van der Waals surface area contributed by atoms with E-state index in [1.54, 1.807) is 17.8 Å². The summed E-state index contributed by atoms with van der Waals surface area (Å²) in [7, 11) is 0. The topological polar surface area (TPSA) is 127 Å². The van der Waals surface area contributed by atoms with Gasteiger partial charge in [0.2, 0.25) is 0 Å². The molecule has 2 aromatic rings. The minimum Gasteiger partial charge on any atom is -0.404 e. The molecule has 0 radical (unpaired) electrons. The predicted molar refractivity (Wildman–Crippen MR) is 164 cm³/mol. The van der Waals surface area contributed by atoms with Gasteiger partial charge in [-0.25, -0.2) is 4.98 Å². The van der Waals surface area contributed by atoms with Crippen LogP contribution in [-0.4, -0.2) is 17.5 Å². The molecule has 0 amide bonds. The number of nitrogen functional groups attached to an aromatic ring is 2. The van der Waals surface area contributed by atoms with Gasteiger partial charge in [-0.15, -0.1) is 11.8 Å². The summed E-state index contributed by atoms with van der Waals surface area (Å²) in [6.45, 7) is 18.1. The number of pyridine rings is 1. The molecule has 8 heteroatoms. The Morgan fingerprint density at radius 2 is 1.52 bits per heavy atom. The number of halogens is 1. The van der Waals surface area contributed by atoms with Gasteiger partial charge >= 0.3 is 0 Å². The van der Waals surface area contributed by atoms with E-state index >= 15 is 0 Å². The van der Waals surface area contributed by atoms with Crippen LogP contribution in [0.25, 0.3) is 0 Å². The van der Waals surface area contributed by atoms with Gasteiger partial charge < -0.3 is 26.1 Å². The van der Waals surface area contributed by atoms with Crippen LogP contribution in [-0.2, 0) is 6.42 Å². The second-order valence-corrected chi connectivity index (χ2v) is 6.56. The van der Waals surface area contributed by atoms with Crippen molar-refractivity contribution in [3.8, 4) is 0 Å². The molecule has 0 unspecified atom stereocenters. The van der Waals surface area contributed by atoms with E-state index in [4.69, 9.17) is 22.6 Å². The molecule has 8 N–H and O–H groups in total. The third-order valence-electron chi connectivity index (χ3n) is 3.32. The monoisotopic (exact) mass is 590 g/mol. The van der Waals surface area contributed by atoms with Gasteiger partial charge in [0.05, 0.1) is 28.6 Å². The van der Waals surface area contributed by atoms with E-state index in [2.05, 4.69) is 46.0 Å². The Kier molecular flexibility index (Phi) is 32.6. The summed E-state index contributed by atoms with van der Waals surface area (Å²) in [5.41, 5.74) is 20.1. The molecule has 2 rings (SSSR count). The highest BCUT2D eigenvalue weighted by Crippen LogP contribution is 2.24. The molecule has 0 spiro atoms. The Bertz CT molecular complexity index is 734. The van der Waals surface area contributed by atoms with Gasteiger partial charge in [-0.3, -0.25) is 0 Å². The van der Waals surface area contributed by atoms with Crippen molar-refractivity contribution in [3.63, 3.8) is 0 Å². The van der Waals surface area contributed by atoms with Crippen LogP contribution in [0.2, 0.25) is 0 Å². The Balaban J connectivity index is -0.000000210. The summed E-state index contributed by atoms with van der Waals surface area (Å²) < 4.78 is 2.86. The molecule has 0 fully saturated rings. The zero-order valence-corrected chi connectivity index (χ0v) is 25.2. The minimum atomic E-state index is 0.276. The van der Waals surface area contributed by atoms with Gasteiger partial charge in [0, 0.05) is 17.5 Å². The number of nitrogens with zero attached hydrogens (tertiary/aromatic N) is 1. The number of nitrogens with two attached hydrogens (primary N) is 3. The standard InChI is InChI=1S/C9H13IN6.C8H10S.4C2H6/c10-16-7-2-6(1-5(3-11)4-12)8(13)9(14)15-7;1-7-3-5-8(9-2)6-4-7;4*1-2/h2-4,11H,1,12-13H2,(H3,14,15,16);3-6H,1-2H3;4*1-2H3/b5-4-,11-3?;;;;;. The van der Waals surface area contributed by atoms with Crippen molar-refractivity contribution < 1.29 is 0 Å². The third kappa shape index (κ3) is 18.2. The summed E-state index contributed by atoms with van der Waals surface area (Å²) in [4.78, 5) is 5.37. The van der Waals surface area contributed by atoms with E-state index in [0.29, 0.717) is 23.5 Å². The van der Waals surface area contributed by atoms with Gasteiger partial charge in [0.15, 0.2) is 0 Å². The largest absolute Gasteiger partial charge is 0.404 e. The summed E-state index contributed by atoms with van der Waals surface area (Å²) in [6.07, 6.45) is 5.11. The van der Waals surface area contributed by atoms with Crippen molar-refractivity contribution >= 4 is 58.2 Å². The smallest absolute Gasteiger partial charge is 0.149 e. The van der Waals surface area contributed by atoms with E-state index < -0.39 is 0 Å². The molecule has 0 aliphatic heterocycles. The number of aryl methyl sites for hydroxylation is 1. The first-order valence-corrected chi connectivity index (χ1v) is 13.7. The number of rotatable bonds is 5. The van der Waals surface area contributed by atoms with Crippen molar-refractivity contribution in [1.82, 2.24) is 4.98 Å². The number of hydrogen-bond acceptors (Lipinski definition) is 7. The quantitative estimate of drug-likeness (QED) is 0.104. The SMILES string of the molecule is CC.CC.CC.CC.CSc1ccc(C)cc1.N=C/C(=C\N)Cc1cc(NI)nc(N)c1N. The fraction of sp³-hybridized carbons (Fsp3) is 0.440. The van der Waals surface area contributed by atoms with Crippen molar-refractivity contribution in [3.05, 3.63) is 53.2 Å². The normalized spacial score (nSPS) is 8.76. The summed E-state index contributed by atoms with van der Waals surface area (Å²) >= 11 is 3.74. The maximum atomic E-state index is 7.15. The van der Waals surface area contributed by atoms with E-state index in [0.717, 1.165) is 5.56 Å². The Hall–Kier alpha value is -1.94. The fourth-order valence-corrected chi connectivity index (χ4v) is 2.56. The van der Waals surface area contributed by atoms with E-state index in [1.165, 1.54) is 22.9 Å². The summed E-state index contributed by atoms with van der Waals surface area (Å²) in [6, 6.07) is 10.3. The molecular weight excluding hydrogens is 543 g/mol. The maximum absolute atomic E-state index is 7.15. The molecule has 0 saturated heterocycles. The zero-order chi connectivity index (χ0) is 26.8. The van der Waals surface area contributed by atoms with Gasteiger partial charge in [-0.1, -0.05) is 73.1 Å². The molecule has 0 atom stereocenters. The number of aromatic nitrogens is 1. The number of thioether (sulfide) groups is 1. The van der Waals surface area contributed by atoms with Crippen LogP contribution < -0.4 is 20.7 Å². The number of nitrogens with one attached hydrogen (secondary N) is 2. The second-order valence-electron chi connectivity index (χ2n) is 5.14. The first kappa shape index (κ1) is 38.3. The lowest BCUT2D eigenvalue weighted by Gasteiger charge is -2.10. The molecule has 190 valence electrons. The van der Waals surface area contributed by atoms with Crippen LogP contribution >= 0.6 is 34.6 Å². The van der Waals surface area contributed by atoms with Crippen LogP contribution in [0.5, 0.6) is 0 Å². The molecule has 0 bridgehead atoms. The van der Waals surface area contributed by atoms with Crippen LogP contribution in [0, 0.1) is 12.3 Å². The van der Waals surface area contributed by atoms with Gasteiger partial charge in [0.25, 0.3) is 0 Å². The third-order valence-corrected chi connectivity index (χ3v) is 4.62. The van der Waals surface area contributed by atoms with Crippen LogP contribution in [0.3, 0.4) is 0 Å². The molecule has 1 heterocycles. The number of benzene rings is 1. The zero-order valence-electron chi connectivity index (χ0n) is 22.2. The first-order valence-electron chi connectivity index (χ1n) is 11.4. The Morgan fingerprint density at radius 3 is 1.88 bits per heavy atom. The fourth-order valence-electron chi connectivity index (χ4n) is 1.88. The number of anilines is 3. The average molecular weight is 591 g/mol. The highest BCUT2D eigenvalue weighted by molar-refractivity contribution is 14.1. The van der Waals surface area contributed by atoms with Crippen molar-refractivity contribution in [2.24, 2.45) is 5.73 Å². The van der Waals surface area contributed by atoms with Crippen LogP contribution in [0.15, 0.2) is 47.0 Å². The minimum absolute atomic E-state index is 0.276. The summed E-state index contributed by atoms with van der Waals surface area (Å²) in [5.74, 6) is 0.904. The van der Waals surface area contributed by atoms with Crippen LogP contribution in [0.1, 0.15) is 66.5 Å². The molecule has 1 aromatic heterocycles. The molecule has 0 saturated carbocycles. The van der Waals surface area contributed by atoms with Crippen molar-refractivity contribution in [2.75, 3.05) is 21.3 Å². The Morgan fingerprint density at radius 1 is 1.03 bits per heavy atom. The second kappa shape index (κ2) is 28.1. The molecule has 33 heavy (non-hydrogen) atoms. The lowest BCUT2D eigenvalue weighted by molar-refractivity contribution is 1.19. The average Bonchev–Trinajstić information content (AvgIpc) is 2.90. The van der Waals surface area contributed by atoms with E-state index in [9.17, 15) is 0 Å². The predicted octanol–water partition coefficient (Wildman–Crippen LogP) is 7.86. The van der Waals surface area contributed by atoms with Crippen LogP contribution in [0.4, 0.5) is 17.3 Å². The highest BCUT2D eigenvalue weighted by Gasteiger charge is 2.08. The number of allylic oxidation sites excluding steroid dienone is 1. The first-order chi connectivity index (χ1) is 15.9. The van der Waals surface area contributed by atoms with E-state index in [1.807, 2.05) is 78.3 Å². The lowest BCUT2D eigenvalue weighted by atomic mass is 10.1. The molecular formula is C25H47IN6S. The van der Waals surface area contributed by atoms with Gasteiger partial charge in [-0.2, -0.15) is 0 Å². The van der Waals surface area contributed by atoms with Gasteiger partial charge in [0.1, 0.15) is 11.6 Å². The maximum Gasteiger partial charge on any atom is 0.149 e. The lowest BCUT2D eigenvalue weighted by Crippen LogP contribution is -2.06. The molecule has 1 aromatic carbocycles. The summed E-state index contributed by atoms with van der Waals surface area (Å²) in [5, 5.41) is 7.15. The van der Waals surface area contributed by atoms with E-state index in [-0.39, 0.29) is 5.82 Å². The van der Waals surface area contributed by atoms with Crippen molar-refractivity contribution in [1.29, 1.82) is 5.41 Å². The number of hydrogen-bond donors (Lipinski definition) is 5. The molecule has 6 nitrogen and oxygen atoms in total.